The topological polar surface area (TPSA) is 71.5 Å². The summed E-state index contributed by atoms with van der Waals surface area (Å²) in [6, 6.07) is 9.50. The van der Waals surface area contributed by atoms with Gasteiger partial charge in [0.25, 0.3) is 0 Å². The third kappa shape index (κ3) is 8.20. The number of aliphatic hydroxyl groups excluding tert-OH is 1. The predicted molar refractivity (Wildman–Crippen MR) is 139 cm³/mol. The van der Waals surface area contributed by atoms with Crippen LogP contribution in [-0.2, 0) is 16.0 Å². The van der Waals surface area contributed by atoms with Gasteiger partial charge in [0.1, 0.15) is 18.1 Å². The number of methoxy groups -OCH3 is 1. The molecule has 194 valence electrons. The number of aliphatic hydroxyl groups is 1. The number of hydrogen-bond acceptors (Lipinski definition) is 7. The van der Waals surface area contributed by atoms with E-state index in [-0.39, 0.29) is 25.1 Å². The van der Waals surface area contributed by atoms with Crippen molar-refractivity contribution < 1.29 is 24.1 Å². The van der Waals surface area contributed by atoms with Crippen molar-refractivity contribution in [2.75, 3.05) is 53.1 Å². The molecule has 1 aromatic heterocycles. The monoisotopic (exact) mass is 504 g/mol. The summed E-state index contributed by atoms with van der Waals surface area (Å²) in [5, 5.41) is 12.6. The molecule has 0 saturated heterocycles. The first-order valence-electron chi connectivity index (χ1n) is 12.5. The van der Waals surface area contributed by atoms with Crippen molar-refractivity contribution in [3.05, 3.63) is 46.2 Å². The summed E-state index contributed by atoms with van der Waals surface area (Å²) in [7, 11) is 1.63. The molecule has 0 unspecified atom stereocenters. The van der Waals surface area contributed by atoms with Gasteiger partial charge in [-0.15, -0.1) is 11.3 Å². The largest absolute Gasteiger partial charge is 0.497 e. The molecule has 0 radical (unpaired) electrons. The van der Waals surface area contributed by atoms with Crippen LogP contribution in [0.3, 0.4) is 0 Å². The van der Waals surface area contributed by atoms with Crippen LogP contribution in [0.1, 0.15) is 43.7 Å². The van der Waals surface area contributed by atoms with Gasteiger partial charge >= 0.3 is 0 Å². The highest BCUT2D eigenvalue weighted by Gasteiger charge is 2.33. The number of hydrogen-bond donors (Lipinski definition) is 1. The molecular formula is C27H40N2O5S. The number of fused-ring (bicyclic) bond motifs is 1. The Balaban J connectivity index is 1.65. The highest BCUT2D eigenvalue weighted by Crippen LogP contribution is 2.34. The number of thiophene rings is 1. The number of carbonyl (C=O) groups is 1. The maximum absolute atomic E-state index is 13.5. The van der Waals surface area contributed by atoms with E-state index in [1.54, 1.807) is 18.4 Å². The number of carbonyl (C=O) groups excluding carboxylic acids is 1. The van der Waals surface area contributed by atoms with Gasteiger partial charge in [-0.1, -0.05) is 26.8 Å². The zero-order chi connectivity index (χ0) is 25.2. The Hall–Kier alpha value is -2.13. The van der Waals surface area contributed by atoms with Gasteiger partial charge in [-0.05, 0) is 54.4 Å². The van der Waals surface area contributed by atoms with Gasteiger partial charge in [0.05, 0.1) is 32.4 Å². The van der Waals surface area contributed by atoms with Crippen molar-refractivity contribution in [2.24, 2.45) is 5.92 Å². The molecule has 0 saturated carbocycles. The fourth-order valence-corrected chi connectivity index (χ4v) is 5.29. The normalized spacial score (nSPS) is 16.4. The van der Waals surface area contributed by atoms with Crippen LogP contribution in [0.2, 0.25) is 0 Å². The van der Waals surface area contributed by atoms with Crippen molar-refractivity contribution in [1.82, 2.24) is 9.80 Å². The molecule has 1 aliphatic heterocycles. The summed E-state index contributed by atoms with van der Waals surface area (Å²) < 4.78 is 17.0. The smallest absolute Gasteiger partial charge is 0.237 e. The quantitative estimate of drug-likeness (QED) is 0.419. The summed E-state index contributed by atoms with van der Waals surface area (Å²) in [6.45, 7) is 9.63. The molecular weight excluding hydrogens is 464 g/mol. The standard InChI is InChI=1S/C27H40N2O5S/c1-5-11-28(15-21(30)18-33-17-20(2)3)16-27(31)29-12-9-26-24(10-13-35-26)25(29)19-34-23-8-6-7-22(14-23)32-4/h6-8,10,13-14,20-21,25,30H,5,9,11-12,15-19H2,1-4H3/t21-,25-/m1/s1. The van der Waals surface area contributed by atoms with Gasteiger partial charge in [-0.2, -0.15) is 0 Å². The highest BCUT2D eigenvalue weighted by molar-refractivity contribution is 7.10. The van der Waals surface area contributed by atoms with Gasteiger partial charge in [-0.25, -0.2) is 0 Å². The van der Waals surface area contributed by atoms with Crippen LogP contribution in [0.15, 0.2) is 35.7 Å². The first kappa shape index (κ1) is 27.5. The zero-order valence-corrected chi connectivity index (χ0v) is 22.3. The number of amides is 1. The minimum Gasteiger partial charge on any atom is -0.497 e. The second-order valence-electron chi connectivity index (χ2n) is 9.46. The van der Waals surface area contributed by atoms with E-state index in [1.807, 2.05) is 34.1 Å². The Kier molecular flexibility index (Phi) is 10.8. The van der Waals surface area contributed by atoms with E-state index in [4.69, 9.17) is 14.2 Å². The molecule has 0 bridgehead atoms. The average molecular weight is 505 g/mol. The molecule has 7 nitrogen and oxygen atoms in total. The fraction of sp³-hybridized carbons (Fsp3) is 0.593. The Morgan fingerprint density at radius 3 is 2.80 bits per heavy atom. The molecule has 1 aromatic carbocycles. The number of rotatable bonds is 14. The first-order valence-corrected chi connectivity index (χ1v) is 13.4. The maximum Gasteiger partial charge on any atom is 0.237 e. The number of ether oxygens (including phenoxy) is 3. The van der Waals surface area contributed by atoms with Crippen LogP contribution in [0, 0.1) is 5.92 Å². The molecule has 0 spiro atoms. The molecule has 35 heavy (non-hydrogen) atoms. The summed E-state index contributed by atoms with van der Waals surface area (Å²) in [5.74, 6) is 1.94. The summed E-state index contributed by atoms with van der Waals surface area (Å²) >= 11 is 1.74. The van der Waals surface area contributed by atoms with Crippen LogP contribution >= 0.6 is 11.3 Å². The number of nitrogens with zero attached hydrogens (tertiary/aromatic N) is 2. The van der Waals surface area contributed by atoms with Crippen LogP contribution in [0.25, 0.3) is 0 Å². The Morgan fingerprint density at radius 2 is 2.06 bits per heavy atom. The third-order valence-electron chi connectivity index (χ3n) is 5.99. The second-order valence-corrected chi connectivity index (χ2v) is 10.5. The van der Waals surface area contributed by atoms with E-state index in [0.29, 0.717) is 32.2 Å². The Labute approximate surface area is 213 Å². The van der Waals surface area contributed by atoms with E-state index < -0.39 is 6.10 Å². The van der Waals surface area contributed by atoms with Gasteiger partial charge in [-0.3, -0.25) is 9.69 Å². The minimum absolute atomic E-state index is 0.0600. The van der Waals surface area contributed by atoms with E-state index in [0.717, 1.165) is 30.9 Å². The zero-order valence-electron chi connectivity index (χ0n) is 21.4. The van der Waals surface area contributed by atoms with Crippen LogP contribution in [0.5, 0.6) is 11.5 Å². The van der Waals surface area contributed by atoms with Gasteiger partial charge in [0, 0.05) is 30.6 Å². The minimum atomic E-state index is -0.620. The molecule has 2 aromatic rings. The molecule has 1 amide bonds. The molecule has 2 heterocycles. The van der Waals surface area contributed by atoms with Crippen LogP contribution in [-0.4, -0.2) is 80.0 Å². The van der Waals surface area contributed by atoms with Crippen molar-refractivity contribution in [2.45, 2.75) is 45.8 Å². The van der Waals surface area contributed by atoms with Crippen LogP contribution < -0.4 is 9.47 Å². The average Bonchev–Trinajstić information content (AvgIpc) is 3.31. The lowest BCUT2D eigenvalue weighted by molar-refractivity contribution is -0.136. The van der Waals surface area contributed by atoms with E-state index in [1.165, 1.54) is 10.4 Å². The van der Waals surface area contributed by atoms with Crippen molar-refractivity contribution in [3.8, 4) is 11.5 Å². The molecule has 3 rings (SSSR count). The molecule has 0 aliphatic carbocycles. The van der Waals surface area contributed by atoms with Crippen molar-refractivity contribution in [1.29, 1.82) is 0 Å². The molecule has 2 atom stereocenters. The van der Waals surface area contributed by atoms with Crippen LogP contribution in [0.4, 0.5) is 0 Å². The van der Waals surface area contributed by atoms with Gasteiger partial charge < -0.3 is 24.2 Å². The van der Waals surface area contributed by atoms with E-state index in [2.05, 4.69) is 32.2 Å². The maximum atomic E-state index is 13.5. The van der Waals surface area contributed by atoms with Crippen molar-refractivity contribution in [3.63, 3.8) is 0 Å². The summed E-state index contributed by atoms with van der Waals surface area (Å²) in [6.07, 6.45) is 1.14. The summed E-state index contributed by atoms with van der Waals surface area (Å²) in [5.41, 5.74) is 1.17. The first-order chi connectivity index (χ1) is 16.9. The fourth-order valence-electron chi connectivity index (χ4n) is 4.36. The SMILES string of the molecule is CCCN(CC(=O)N1CCc2sccc2[C@H]1COc1cccc(OC)c1)C[C@@H](O)COCC(C)C. The predicted octanol–water partition coefficient (Wildman–Crippen LogP) is 4.01. The molecule has 1 N–H and O–H groups in total. The Bertz CT molecular complexity index is 918. The Morgan fingerprint density at radius 1 is 1.26 bits per heavy atom. The summed E-state index contributed by atoms with van der Waals surface area (Å²) in [4.78, 5) is 18.8. The lowest BCUT2D eigenvalue weighted by Crippen LogP contribution is -2.48. The molecule has 1 aliphatic rings. The van der Waals surface area contributed by atoms with E-state index in [9.17, 15) is 9.90 Å². The second kappa shape index (κ2) is 13.8. The third-order valence-corrected chi connectivity index (χ3v) is 6.99. The van der Waals surface area contributed by atoms with Gasteiger partial charge in [0.15, 0.2) is 0 Å². The highest BCUT2D eigenvalue weighted by atomic mass is 32.1. The van der Waals surface area contributed by atoms with Crippen molar-refractivity contribution >= 4 is 17.2 Å². The van der Waals surface area contributed by atoms with E-state index >= 15 is 0 Å². The lowest BCUT2D eigenvalue weighted by Gasteiger charge is -2.37. The van der Waals surface area contributed by atoms with Gasteiger partial charge in [0.2, 0.25) is 5.91 Å². The lowest BCUT2D eigenvalue weighted by atomic mass is 10.0. The number of benzene rings is 1. The molecule has 8 heteroatoms. The molecule has 0 fully saturated rings.